The number of fused-ring (bicyclic) bond motifs is 1. The molecular weight excluding hydrogens is 282 g/mol. The molecule has 3 rings (SSSR count). The third kappa shape index (κ3) is 2.49. The highest BCUT2D eigenvalue weighted by Crippen LogP contribution is 2.25. The summed E-state index contributed by atoms with van der Waals surface area (Å²) in [6, 6.07) is 13.5. The number of hydrogen-bond donors (Lipinski definition) is 4. The van der Waals surface area contributed by atoms with E-state index >= 15 is 0 Å². The van der Waals surface area contributed by atoms with Crippen molar-refractivity contribution in [3.63, 3.8) is 0 Å². The minimum absolute atomic E-state index is 0.0262. The van der Waals surface area contributed by atoms with Gasteiger partial charge in [0, 0.05) is 10.9 Å². The number of aromatic hydroxyl groups is 2. The molecule has 0 aliphatic carbocycles. The number of para-hydroxylation sites is 2. The lowest BCUT2D eigenvalue weighted by Crippen LogP contribution is -2.17. The second-order valence-electron chi connectivity index (χ2n) is 4.65. The Morgan fingerprint density at radius 2 is 1.82 bits per heavy atom. The fourth-order valence-electron chi connectivity index (χ4n) is 2.16. The van der Waals surface area contributed by atoms with E-state index in [9.17, 15) is 15.0 Å². The van der Waals surface area contributed by atoms with Gasteiger partial charge in [-0.1, -0.05) is 30.3 Å². The van der Waals surface area contributed by atoms with Gasteiger partial charge in [0.25, 0.3) is 5.91 Å². The van der Waals surface area contributed by atoms with Crippen LogP contribution < -0.4 is 5.43 Å². The predicted octanol–water partition coefficient (Wildman–Crippen LogP) is 2.34. The highest BCUT2D eigenvalue weighted by molar-refractivity contribution is 6.03. The van der Waals surface area contributed by atoms with Crippen molar-refractivity contribution in [2.45, 2.75) is 0 Å². The van der Waals surface area contributed by atoms with E-state index < -0.39 is 5.91 Å². The molecule has 0 bridgehead atoms. The van der Waals surface area contributed by atoms with Gasteiger partial charge in [-0.3, -0.25) is 4.79 Å². The summed E-state index contributed by atoms with van der Waals surface area (Å²) in [6.45, 7) is 0. The molecule has 0 saturated heterocycles. The number of hydrazone groups is 1. The molecule has 2 aromatic carbocycles. The number of nitrogens with one attached hydrogen (secondary N) is 2. The number of amides is 1. The van der Waals surface area contributed by atoms with Crippen LogP contribution in [0.15, 0.2) is 53.6 Å². The van der Waals surface area contributed by atoms with Crippen LogP contribution >= 0.6 is 0 Å². The molecule has 110 valence electrons. The van der Waals surface area contributed by atoms with E-state index in [2.05, 4.69) is 15.5 Å². The monoisotopic (exact) mass is 295 g/mol. The summed E-state index contributed by atoms with van der Waals surface area (Å²) in [5.41, 5.74) is 3.69. The Morgan fingerprint density at radius 3 is 2.64 bits per heavy atom. The van der Waals surface area contributed by atoms with Gasteiger partial charge in [-0.05, 0) is 18.2 Å². The molecule has 0 aliphatic heterocycles. The van der Waals surface area contributed by atoms with E-state index in [0.29, 0.717) is 5.56 Å². The Hall–Kier alpha value is -3.28. The lowest BCUT2D eigenvalue weighted by atomic mass is 10.2. The maximum atomic E-state index is 11.9. The number of aromatic nitrogens is 1. The van der Waals surface area contributed by atoms with E-state index in [1.807, 2.05) is 24.3 Å². The Bertz CT molecular complexity index is 868. The molecule has 0 atom stereocenters. The van der Waals surface area contributed by atoms with Gasteiger partial charge in [0.2, 0.25) is 0 Å². The normalized spacial score (nSPS) is 11.1. The molecule has 0 aliphatic rings. The zero-order chi connectivity index (χ0) is 15.5. The number of phenolic OH excluding ortho intramolecular Hbond substituents is 1. The Balaban J connectivity index is 1.81. The molecule has 0 radical (unpaired) electrons. The van der Waals surface area contributed by atoms with Crippen molar-refractivity contribution < 1.29 is 15.0 Å². The quantitative estimate of drug-likeness (QED) is 0.441. The lowest BCUT2D eigenvalue weighted by molar-refractivity contribution is 0.0952. The fraction of sp³-hybridized carbons (Fsp3) is 0. The first-order valence-corrected chi connectivity index (χ1v) is 6.58. The number of aromatic amines is 1. The Kier molecular flexibility index (Phi) is 3.49. The third-order valence-corrected chi connectivity index (χ3v) is 3.23. The van der Waals surface area contributed by atoms with E-state index in [0.717, 1.165) is 10.9 Å². The van der Waals surface area contributed by atoms with E-state index in [1.165, 1.54) is 18.3 Å². The highest BCUT2D eigenvalue weighted by atomic mass is 16.3. The SMILES string of the molecule is O=C(NN=Cc1c(O)[nH]c2ccccc12)c1ccccc1O. The summed E-state index contributed by atoms with van der Waals surface area (Å²) in [6.07, 6.45) is 1.35. The minimum Gasteiger partial charge on any atom is -0.507 e. The smallest absolute Gasteiger partial charge is 0.275 e. The van der Waals surface area contributed by atoms with Crippen LogP contribution in [0, 0.1) is 0 Å². The van der Waals surface area contributed by atoms with E-state index in [-0.39, 0.29) is 17.2 Å². The number of carbonyl (C=O) groups is 1. The number of carbonyl (C=O) groups excluding carboxylic acids is 1. The number of nitrogens with zero attached hydrogens (tertiary/aromatic N) is 1. The van der Waals surface area contributed by atoms with Gasteiger partial charge in [-0.2, -0.15) is 5.10 Å². The van der Waals surface area contributed by atoms with Crippen LogP contribution in [-0.2, 0) is 0 Å². The molecule has 1 heterocycles. The number of hydrogen-bond acceptors (Lipinski definition) is 4. The van der Waals surface area contributed by atoms with Crippen molar-refractivity contribution in [3.05, 3.63) is 59.7 Å². The number of phenols is 1. The molecule has 3 aromatic rings. The van der Waals surface area contributed by atoms with Gasteiger partial charge in [0.05, 0.1) is 17.3 Å². The summed E-state index contributed by atoms with van der Waals surface area (Å²) in [7, 11) is 0. The molecule has 0 saturated carbocycles. The second kappa shape index (κ2) is 5.61. The standard InChI is InChI=1S/C16H13N3O3/c20-14-8-4-2-6-11(14)16(22)19-17-9-12-10-5-1-3-7-13(10)18-15(12)21/h1-9,18,20-21H,(H,19,22). The average molecular weight is 295 g/mol. The van der Waals surface area contributed by atoms with Crippen LogP contribution in [0.3, 0.4) is 0 Å². The van der Waals surface area contributed by atoms with Crippen molar-refractivity contribution in [2.75, 3.05) is 0 Å². The Labute approximate surface area is 125 Å². The lowest BCUT2D eigenvalue weighted by Gasteiger charge is -2.01. The minimum atomic E-state index is -0.534. The highest BCUT2D eigenvalue weighted by Gasteiger charge is 2.10. The maximum absolute atomic E-state index is 11.9. The number of rotatable bonds is 3. The van der Waals surface area contributed by atoms with Gasteiger partial charge < -0.3 is 15.2 Å². The summed E-state index contributed by atoms with van der Waals surface area (Å²) < 4.78 is 0. The van der Waals surface area contributed by atoms with E-state index in [1.54, 1.807) is 12.1 Å². The van der Waals surface area contributed by atoms with Crippen LogP contribution in [0.1, 0.15) is 15.9 Å². The summed E-state index contributed by atoms with van der Waals surface area (Å²) in [4.78, 5) is 14.7. The summed E-state index contributed by atoms with van der Waals surface area (Å²) >= 11 is 0. The fourth-order valence-corrected chi connectivity index (χ4v) is 2.16. The molecule has 22 heavy (non-hydrogen) atoms. The topological polar surface area (TPSA) is 97.7 Å². The maximum Gasteiger partial charge on any atom is 0.275 e. The van der Waals surface area contributed by atoms with Crippen LogP contribution in [-0.4, -0.2) is 27.3 Å². The van der Waals surface area contributed by atoms with Crippen LogP contribution in [0.4, 0.5) is 0 Å². The molecule has 6 nitrogen and oxygen atoms in total. The van der Waals surface area contributed by atoms with Crippen LogP contribution in [0.5, 0.6) is 11.6 Å². The molecule has 0 unspecified atom stereocenters. The first kappa shape index (κ1) is 13.7. The van der Waals surface area contributed by atoms with Crippen LogP contribution in [0.2, 0.25) is 0 Å². The number of benzene rings is 2. The van der Waals surface area contributed by atoms with Gasteiger partial charge in [-0.15, -0.1) is 0 Å². The van der Waals surface area contributed by atoms with Crippen molar-refractivity contribution in [2.24, 2.45) is 5.10 Å². The van der Waals surface area contributed by atoms with Gasteiger partial charge >= 0.3 is 0 Å². The second-order valence-corrected chi connectivity index (χ2v) is 4.65. The molecule has 0 spiro atoms. The van der Waals surface area contributed by atoms with Crippen molar-refractivity contribution in [1.82, 2.24) is 10.4 Å². The van der Waals surface area contributed by atoms with Crippen molar-refractivity contribution in [3.8, 4) is 11.6 Å². The van der Waals surface area contributed by atoms with Crippen molar-refractivity contribution >= 4 is 23.0 Å². The van der Waals surface area contributed by atoms with Gasteiger partial charge in [0.15, 0.2) is 5.88 Å². The summed E-state index contributed by atoms with van der Waals surface area (Å²) in [5.74, 6) is -0.680. The average Bonchev–Trinajstić information content (AvgIpc) is 2.83. The van der Waals surface area contributed by atoms with E-state index in [4.69, 9.17) is 0 Å². The largest absolute Gasteiger partial charge is 0.507 e. The molecule has 6 heteroatoms. The Morgan fingerprint density at radius 1 is 1.09 bits per heavy atom. The van der Waals surface area contributed by atoms with Gasteiger partial charge in [-0.25, -0.2) is 5.43 Å². The molecule has 4 N–H and O–H groups in total. The molecule has 0 fully saturated rings. The molecule has 1 aromatic heterocycles. The molecular formula is C16H13N3O3. The first-order chi connectivity index (χ1) is 10.7. The first-order valence-electron chi connectivity index (χ1n) is 6.58. The molecule has 1 amide bonds. The third-order valence-electron chi connectivity index (χ3n) is 3.23. The van der Waals surface area contributed by atoms with Crippen molar-refractivity contribution in [1.29, 1.82) is 0 Å². The van der Waals surface area contributed by atoms with Gasteiger partial charge in [0.1, 0.15) is 5.75 Å². The zero-order valence-electron chi connectivity index (χ0n) is 11.4. The predicted molar refractivity (Wildman–Crippen MR) is 83.1 cm³/mol. The summed E-state index contributed by atoms with van der Waals surface area (Å²) in [5, 5.41) is 24.1. The number of H-pyrrole nitrogens is 1. The zero-order valence-corrected chi connectivity index (χ0v) is 11.4. The van der Waals surface area contributed by atoms with Crippen LogP contribution in [0.25, 0.3) is 10.9 Å².